The van der Waals surface area contributed by atoms with Gasteiger partial charge in [0.1, 0.15) is 5.75 Å². The van der Waals surface area contributed by atoms with E-state index in [1.165, 1.54) is 77.9 Å². The highest BCUT2D eigenvalue weighted by molar-refractivity contribution is 5.97. The number of hydrogen-bond acceptors (Lipinski definition) is 1. The first-order valence-corrected chi connectivity index (χ1v) is 17.0. The highest BCUT2D eigenvalue weighted by Crippen LogP contribution is 2.56. The number of benzene rings is 4. The molecule has 0 aromatic heterocycles. The van der Waals surface area contributed by atoms with Crippen molar-refractivity contribution in [3.05, 3.63) is 123 Å². The van der Waals surface area contributed by atoms with Gasteiger partial charge < -0.3 is 4.74 Å². The van der Waals surface area contributed by atoms with Crippen LogP contribution in [0.2, 0.25) is 0 Å². The average molecular weight is 609 g/mol. The molecule has 1 nitrogen and oxygen atoms in total. The molecule has 0 amide bonds. The van der Waals surface area contributed by atoms with Gasteiger partial charge in [0.25, 0.3) is 0 Å². The summed E-state index contributed by atoms with van der Waals surface area (Å²) in [4.78, 5) is 0. The second kappa shape index (κ2) is 11.2. The molecule has 0 spiro atoms. The highest BCUT2D eigenvalue weighted by atomic mass is 16.5. The Balaban J connectivity index is 1.55. The maximum absolute atomic E-state index is 6.40. The zero-order valence-electron chi connectivity index (χ0n) is 30.2. The van der Waals surface area contributed by atoms with Crippen molar-refractivity contribution < 1.29 is 4.74 Å². The summed E-state index contributed by atoms with van der Waals surface area (Å²) in [5.41, 5.74) is 19.1. The van der Waals surface area contributed by atoms with Crippen LogP contribution < -0.4 is 4.74 Å². The zero-order chi connectivity index (χ0) is 33.3. The molecule has 0 aliphatic heterocycles. The van der Waals surface area contributed by atoms with E-state index in [0.29, 0.717) is 0 Å². The van der Waals surface area contributed by atoms with E-state index in [1.54, 1.807) is 0 Å². The lowest BCUT2D eigenvalue weighted by atomic mass is 9.77. The van der Waals surface area contributed by atoms with Crippen LogP contribution >= 0.6 is 0 Å². The van der Waals surface area contributed by atoms with Gasteiger partial charge in [0.05, 0.1) is 7.11 Å². The molecule has 0 heterocycles. The topological polar surface area (TPSA) is 9.23 Å². The summed E-state index contributed by atoms with van der Waals surface area (Å²) in [6, 6.07) is 27.8. The van der Waals surface area contributed by atoms with E-state index in [9.17, 15) is 0 Å². The summed E-state index contributed by atoms with van der Waals surface area (Å²) < 4.78 is 6.40. The van der Waals surface area contributed by atoms with Crippen molar-refractivity contribution in [3.8, 4) is 28.0 Å². The minimum atomic E-state index is -0.0512. The lowest BCUT2D eigenvalue weighted by Gasteiger charge is -2.29. The molecule has 0 fully saturated rings. The van der Waals surface area contributed by atoms with Crippen molar-refractivity contribution in [2.45, 2.75) is 105 Å². The van der Waals surface area contributed by atoms with Gasteiger partial charge in [-0.15, -0.1) is 0 Å². The van der Waals surface area contributed by atoms with E-state index in [1.807, 2.05) is 7.11 Å². The highest BCUT2D eigenvalue weighted by Gasteiger charge is 2.37. The van der Waals surface area contributed by atoms with Crippen LogP contribution in [0.4, 0.5) is 0 Å². The first-order chi connectivity index (χ1) is 21.5. The molecule has 0 bridgehead atoms. The SMILES string of the molecule is COc1c(C(C)(C)C)cc2c(c1-c1ccc(C(C)(C)C)cc1)C(C1C(C)=Cc3c(-c4ccc(C(C)(C)C)cc4)cccc31)=C(C)C2. The average Bonchev–Trinajstić information content (AvgIpc) is 3.48. The maximum Gasteiger partial charge on any atom is 0.131 e. The molecule has 6 rings (SSSR count). The van der Waals surface area contributed by atoms with E-state index >= 15 is 0 Å². The first-order valence-electron chi connectivity index (χ1n) is 17.0. The quantitative estimate of drug-likeness (QED) is 0.224. The maximum atomic E-state index is 6.40. The summed E-state index contributed by atoms with van der Waals surface area (Å²) in [5.74, 6) is 1.22. The van der Waals surface area contributed by atoms with Gasteiger partial charge in [-0.25, -0.2) is 0 Å². The van der Waals surface area contributed by atoms with Crippen LogP contribution in [0.1, 0.15) is 121 Å². The third-order valence-corrected chi connectivity index (χ3v) is 10.2. The monoisotopic (exact) mass is 608 g/mol. The van der Waals surface area contributed by atoms with Crippen LogP contribution in [0.5, 0.6) is 5.75 Å². The molecule has 238 valence electrons. The fraction of sp³-hybridized carbons (Fsp3) is 0.378. The minimum Gasteiger partial charge on any atom is -0.496 e. The van der Waals surface area contributed by atoms with Crippen molar-refractivity contribution in [1.29, 1.82) is 0 Å². The molecule has 1 unspecified atom stereocenters. The molecule has 0 N–H and O–H groups in total. The van der Waals surface area contributed by atoms with E-state index in [-0.39, 0.29) is 22.2 Å². The molecule has 2 aliphatic carbocycles. The van der Waals surface area contributed by atoms with Gasteiger partial charge >= 0.3 is 0 Å². The van der Waals surface area contributed by atoms with E-state index in [4.69, 9.17) is 4.74 Å². The number of fused-ring (bicyclic) bond motifs is 2. The van der Waals surface area contributed by atoms with Gasteiger partial charge in [-0.1, -0.05) is 152 Å². The van der Waals surface area contributed by atoms with Crippen LogP contribution in [-0.4, -0.2) is 7.11 Å². The van der Waals surface area contributed by atoms with Gasteiger partial charge in [0.15, 0.2) is 0 Å². The lowest BCUT2D eigenvalue weighted by molar-refractivity contribution is 0.399. The predicted octanol–water partition coefficient (Wildman–Crippen LogP) is 12.5. The molecule has 46 heavy (non-hydrogen) atoms. The standard InChI is InChI=1S/C45H52O/c1-27-24-31-26-37(45(9,10)11)42(46-12)41(30-18-22-33(23-19-30)44(6,7)8)40(31)39(27)38-28(2)25-36-34(14-13-15-35(36)38)29-16-20-32(21-17-29)43(3,4)5/h13-23,25-26,38H,24H2,1-12H3. The molecule has 4 aromatic carbocycles. The first kappa shape index (κ1) is 32.1. The number of hydrogen-bond donors (Lipinski definition) is 0. The van der Waals surface area contributed by atoms with Gasteiger partial charge in [0.2, 0.25) is 0 Å². The van der Waals surface area contributed by atoms with Gasteiger partial charge in [-0.2, -0.15) is 0 Å². The number of rotatable bonds is 4. The molecule has 0 saturated heterocycles. The Kier molecular flexibility index (Phi) is 7.78. The third-order valence-electron chi connectivity index (χ3n) is 10.2. The second-order valence-corrected chi connectivity index (χ2v) is 16.8. The molecule has 4 aromatic rings. The summed E-state index contributed by atoms with van der Waals surface area (Å²) >= 11 is 0. The lowest BCUT2D eigenvalue weighted by Crippen LogP contribution is -2.15. The Bertz CT molecular complexity index is 1870. The number of ether oxygens (including phenoxy) is 1. The smallest absolute Gasteiger partial charge is 0.131 e. The molecule has 2 aliphatic rings. The van der Waals surface area contributed by atoms with E-state index < -0.39 is 0 Å². The molecule has 1 atom stereocenters. The number of allylic oxidation sites excluding steroid dienone is 3. The molecular weight excluding hydrogens is 556 g/mol. The second-order valence-electron chi connectivity index (χ2n) is 16.8. The number of methoxy groups -OCH3 is 1. The summed E-state index contributed by atoms with van der Waals surface area (Å²) in [6.45, 7) is 25.3. The summed E-state index contributed by atoms with van der Waals surface area (Å²) in [7, 11) is 1.85. The zero-order valence-corrected chi connectivity index (χ0v) is 30.2. The normalized spacial score (nSPS) is 16.4. The third kappa shape index (κ3) is 5.46. The molecule has 0 radical (unpaired) electrons. The van der Waals surface area contributed by atoms with Crippen molar-refractivity contribution in [3.63, 3.8) is 0 Å². The fourth-order valence-corrected chi connectivity index (χ4v) is 7.67. The van der Waals surface area contributed by atoms with E-state index in [0.717, 1.165) is 12.2 Å². The Morgan fingerprint density at radius 3 is 1.74 bits per heavy atom. The van der Waals surface area contributed by atoms with Gasteiger partial charge in [-0.3, -0.25) is 0 Å². The fourth-order valence-electron chi connectivity index (χ4n) is 7.67. The predicted molar refractivity (Wildman–Crippen MR) is 199 cm³/mol. The van der Waals surface area contributed by atoms with Crippen molar-refractivity contribution in [1.82, 2.24) is 0 Å². The Hall–Kier alpha value is -3.84. The van der Waals surface area contributed by atoms with Crippen molar-refractivity contribution >= 4 is 11.6 Å². The molecular formula is C45H52O. The van der Waals surface area contributed by atoms with Gasteiger partial charge in [-0.05, 0) is 92.2 Å². The minimum absolute atomic E-state index is 0.0512. The van der Waals surface area contributed by atoms with Crippen LogP contribution in [0.3, 0.4) is 0 Å². The molecule has 1 heteroatoms. The van der Waals surface area contributed by atoms with Crippen LogP contribution in [-0.2, 0) is 22.7 Å². The molecule has 0 saturated carbocycles. The summed E-state index contributed by atoms with van der Waals surface area (Å²) in [6.07, 6.45) is 3.42. The van der Waals surface area contributed by atoms with Crippen molar-refractivity contribution in [2.24, 2.45) is 0 Å². The van der Waals surface area contributed by atoms with Crippen LogP contribution in [0.25, 0.3) is 33.9 Å². The van der Waals surface area contributed by atoms with Crippen LogP contribution in [0, 0.1) is 0 Å². The van der Waals surface area contributed by atoms with Gasteiger partial charge in [0, 0.05) is 17.0 Å². The van der Waals surface area contributed by atoms with Crippen molar-refractivity contribution in [2.75, 3.05) is 7.11 Å². The largest absolute Gasteiger partial charge is 0.496 e. The Morgan fingerprint density at radius 1 is 0.652 bits per heavy atom. The van der Waals surface area contributed by atoms with E-state index in [2.05, 4.69) is 155 Å². The summed E-state index contributed by atoms with van der Waals surface area (Å²) in [5, 5.41) is 0. The Labute approximate surface area is 278 Å². The Morgan fingerprint density at radius 2 is 1.22 bits per heavy atom. The van der Waals surface area contributed by atoms with Crippen LogP contribution in [0.15, 0.2) is 83.9 Å².